The molecule has 1 rings (SSSR count). The Balaban J connectivity index is 2.32. The lowest BCUT2D eigenvalue weighted by Gasteiger charge is -2.13. The standard InChI is InChI=1S/C11H17F2NO2/c1-8-3-4-10(16-8)9(14-2)5-6-15-7-11(12)13/h3-4,9,11,14H,5-7H2,1-2H3. The van der Waals surface area contributed by atoms with Crippen molar-refractivity contribution in [2.45, 2.75) is 25.8 Å². The van der Waals surface area contributed by atoms with Crippen LogP contribution < -0.4 is 5.32 Å². The summed E-state index contributed by atoms with van der Waals surface area (Å²) >= 11 is 0. The third-order valence-corrected chi connectivity index (χ3v) is 2.25. The predicted octanol–water partition coefficient (Wildman–Crippen LogP) is 2.52. The fourth-order valence-electron chi connectivity index (χ4n) is 1.44. The SMILES string of the molecule is CNC(CCOCC(F)F)c1ccc(C)o1. The van der Waals surface area contributed by atoms with Crippen LogP contribution in [0.1, 0.15) is 24.0 Å². The van der Waals surface area contributed by atoms with Gasteiger partial charge in [0.15, 0.2) is 0 Å². The van der Waals surface area contributed by atoms with Crippen molar-refractivity contribution in [2.24, 2.45) is 0 Å². The molecule has 1 atom stereocenters. The molecule has 3 nitrogen and oxygen atoms in total. The van der Waals surface area contributed by atoms with E-state index in [1.165, 1.54) is 0 Å². The van der Waals surface area contributed by atoms with Gasteiger partial charge >= 0.3 is 0 Å². The molecule has 0 aliphatic rings. The maximum Gasteiger partial charge on any atom is 0.261 e. The molecule has 0 aromatic carbocycles. The van der Waals surface area contributed by atoms with Gasteiger partial charge in [-0.05, 0) is 32.5 Å². The van der Waals surface area contributed by atoms with Gasteiger partial charge in [-0.25, -0.2) is 8.78 Å². The molecule has 0 spiro atoms. The van der Waals surface area contributed by atoms with Crippen molar-refractivity contribution in [1.82, 2.24) is 5.32 Å². The first kappa shape index (κ1) is 13.1. The quantitative estimate of drug-likeness (QED) is 0.735. The highest BCUT2D eigenvalue weighted by Gasteiger charge is 2.13. The normalized spacial score (nSPS) is 13.3. The number of halogens is 2. The highest BCUT2D eigenvalue weighted by molar-refractivity contribution is 5.09. The van der Waals surface area contributed by atoms with E-state index in [9.17, 15) is 8.78 Å². The number of ether oxygens (including phenoxy) is 1. The number of nitrogens with one attached hydrogen (secondary N) is 1. The lowest BCUT2D eigenvalue weighted by atomic mass is 10.1. The zero-order valence-electron chi connectivity index (χ0n) is 9.50. The number of aryl methyl sites for hydroxylation is 1. The average Bonchev–Trinajstić information content (AvgIpc) is 2.64. The minimum absolute atomic E-state index is 0.00590. The van der Waals surface area contributed by atoms with E-state index in [-0.39, 0.29) is 12.6 Å². The van der Waals surface area contributed by atoms with Gasteiger partial charge in [-0.1, -0.05) is 0 Å². The second kappa shape index (κ2) is 6.60. The molecule has 1 heterocycles. The third kappa shape index (κ3) is 4.28. The number of furan rings is 1. The molecule has 0 aliphatic heterocycles. The van der Waals surface area contributed by atoms with E-state index in [4.69, 9.17) is 9.15 Å². The highest BCUT2D eigenvalue weighted by atomic mass is 19.3. The average molecular weight is 233 g/mol. The first-order valence-corrected chi connectivity index (χ1v) is 5.23. The second-order valence-corrected chi connectivity index (χ2v) is 3.54. The smallest absolute Gasteiger partial charge is 0.261 e. The summed E-state index contributed by atoms with van der Waals surface area (Å²) in [5.41, 5.74) is 0. The molecule has 16 heavy (non-hydrogen) atoms. The zero-order valence-corrected chi connectivity index (χ0v) is 9.50. The van der Waals surface area contributed by atoms with E-state index >= 15 is 0 Å². The number of hydrogen-bond donors (Lipinski definition) is 1. The molecule has 0 bridgehead atoms. The van der Waals surface area contributed by atoms with Gasteiger partial charge in [0.05, 0.1) is 6.04 Å². The molecule has 0 radical (unpaired) electrons. The van der Waals surface area contributed by atoms with Crippen LogP contribution in [0.4, 0.5) is 8.78 Å². The zero-order chi connectivity index (χ0) is 12.0. The molecule has 0 fully saturated rings. The van der Waals surface area contributed by atoms with E-state index in [2.05, 4.69) is 5.32 Å². The summed E-state index contributed by atoms with van der Waals surface area (Å²) < 4.78 is 33.9. The van der Waals surface area contributed by atoms with Gasteiger partial charge in [0, 0.05) is 6.61 Å². The van der Waals surface area contributed by atoms with Crippen LogP contribution in [0.15, 0.2) is 16.5 Å². The van der Waals surface area contributed by atoms with Gasteiger partial charge in [0.1, 0.15) is 18.1 Å². The highest BCUT2D eigenvalue weighted by Crippen LogP contribution is 2.18. The van der Waals surface area contributed by atoms with Gasteiger partial charge in [0.25, 0.3) is 6.43 Å². The van der Waals surface area contributed by atoms with Crippen molar-refractivity contribution in [3.63, 3.8) is 0 Å². The lowest BCUT2D eigenvalue weighted by molar-refractivity contribution is 0.0140. The molecule has 0 amide bonds. The van der Waals surface area contributed by atoms with Crippen molar-refractivity contribution in [3.8, 4) is 0 Å². The van der Waals surface area contributed by atoms with E-state index in [1.807, 2.05) is 19.1 Å². The molecule has 0 aliphatic carbocycles. The predicted molar refractivity (Wildman–Crippen MR) is 56.7 cm³/mol. The molecule has 0 saturated carbocycles. The van der Waals surface area contributed by atoms with Gasteiger partial charge < -0.3 is 14.5 Å². The van der Waals surface area contributed by atoms with Crippen LogP contribution in [0.5, 0.6) is 0 Å². The third-order valence-electron chi connectivity index (χ3n) is 2.25. The molecule has 1 aromatic heterocycles. The van der Waals surface area contributed by atoms with E-state index < -0.39 is 13.0 Å². The minimum Gasteiger partial charge on any atom is -0.465 e. The maximum atomic E-state index is 11.8. The first-order chi connectivity index (χ1) is 7.63. The summed E-state index contributed by atoms with van der Waals surface area (Å²) in [6.07, 6.45) is -1.80. The Kier molecular flexibility index (Phi) is 5.42. The topological polar surface area (TPSA) is 34.4 Å². The van der Waals surface area contributed by atoms with Gasteiger partial charge in [-0.3, -0.25) is 0 Å². The Hall–Kier alpha value is -0.940. The molecule has 1 unspecified atom stereocenters. The van der Waals surface area contributed by atoms with Crippen molar-refractivity contribution in [3.05, 3.63) is 23.7 Å². The summed E-state index contributed by atoms with van der Waals surface area (Å²) in [6, 6.07) is 3.76. The fourth-order valence-corrected chi connectivity index (χ4v) is 1.44. The molecule has 1 aromatic rings. The van der Waals surface area contributed by atoms with E-state index in [0.717, 1.165) is 11.5 Å². The van der Waals surface area contributed by atoms with Crippen LogP contribution in [0.3, 0.4) is 0 Å². The number of rotatable bonds is 7. The van der Waals surface area contributed by atoms with E-state index in [0.29, 0.717) is 6.42 Å². The number of hydrogen-bond acceptors (Lipinski definition) is 3. The second-order valence-electron chi connectivity index (χ2n) is 3.54. The van der Waals surface area contributed by atoms with Crippen LogP contribution in [-0.2, 0) is 4.74 Å². The van der Waals surface area contributed by atoms with Crippen molar-refractivity contribution in [1.29, 1.82) is 0 Å². The monoisotopic (exact) mass is 233 g/mol. The largest absolute Gasteiger partial charge is 0.465 e. The van der Waals surface area contributed by atoms with Crippen LogP contribution in [0.2, 0.25) is 0 Å². The minimum atomic E-state index is -2.40. The van der Waals surface area contributed by atoms with Gasteiger partial charge in [-0.15, -0.1) is 0 Å². The van der Waals surface area contributed by atoms with Crippen molar-refractivity contribution in [2.75, 3.05) is 20.3 Å². The Bertz CT molecular complexity index is 302. The molecule has 1 N–H and O–H groups in total. The van der Waals surface area contributed by atoms with Crippen LogP contribution in [0, 0.1) is 6.92 Å². The van der Waals surface area contributed by atoms with Crippen molar-refractivity contribution >= 4 is 0 Å². The molecular formula is C11H17F2NO2. The summed E-state index contributed by atoms with van der Waals surface area (Å²) in [7, 11) is 1.80. The van der Waals surface area contributed by atoms with E-state index in [1.54, 1.807) is 7.05 Å². The summed E-state index contributed by atoms with van der Waals surface area (Å²) in [4.78, 5) is 0. The molecular weight excluding hydrogens is 216 g/mol. The lowest BCUT2D eigenvalue weighted by Crippen LogP contribution is -2.18. The molecule has 5 heteroatoms. The fraction of sp³-hybridized carbons (Fsp3) is 0.636. The Morgan fingerprint density at radius 1 is 1.44 bits per heavy atom. The van der Waals surface area contributed by atoms with Crippen molar-refractivity contribution < 1.29 is 17.9 Å². The van der Waals surface area contributed by atoms with Crippen LogP contribution >= 0.6 is 0 Å². The summed E-state index contributed by atoms with van der Waals surface area (Å²) in [5, 5.41) is 3.06. The summed E-state index contributed by atoms with van der Waals surface area (Å²) in [6.45, 7) is 1.65. The maximum absolute atomic E-state index is 11.8. The Morgan fingerprint density at radius 3 is 2.69 bits per heavy atom. The van der Waals surface area contributed by atoms with Gasteiger partial charge in [-0.2, -0.15) is 0 Å². The van der Waals surface area contributed by atoms with Gasteiger partial charge in [0.2, 0.25) is 0 Å². The Labute approximate surface area is 93.8 Å². The first-order valence-electron chi connectivity index (χ1n) is 5.23. The molecule has 0 saturated heterocycles. The Morgan fingerprint density at radius 2 is 2.19 bits per heavy atom. The van der Waals surface area contributed by atoms with Crippen LogP contribution in [-0.4, -0.2) is 26.7 Å². The summed E-state index contributed by atoms with van der Waals surface area (Å²) in [5.74, 6) is 1.64. The number of alkyl halides is 2. The molecule has 92 valence electrons. The van der Waals surface area contributed by atoms with Crippen LogP contribution in [0.25, 0.3) is 0 Å².